The van der Waals surface area contributed by atoms with E-state index in [1.54, 1.807) is 0 Å². The van der Waals surface area contributed by atoms with Crippen LogP contribution in [0.2, 0.25) is 0 Å². The summed E-state index contributed by atoms with van der Waals surface area (Å²) in [7, 11) is 0. The van der Waals surface area contributed by atoms with Crippen molar-refractivity contribution in [2.45, 2.75) is 51.0 Å². The van der Waals surface area contributed by atoms with Gasteiger partial charge in [-0.2, -0.15) is 0 Å². The Bertz CT molecular complexity index is 1030. The van der Waals surface area contributed by atoms with Crippen LogP contribution < -0.4 is 5.56 Å². The van der Waals surface area contributed by atoms with Crippen molar-refractivity contribution >= 4 is 10.9 Å². The third kappa shape index (κ3) is 3.40. The molecule has 1 aliphatic heterocycles. The van der Waals surface area contributed by atoms with Gasteiger partial charge in [0.05, 0.1) is 0 Å². The molecule has 2 aliphatic rings. The van der Waals surface area contributed by atoms with Crippen LogP contribution in [0.3, 0.4) is 0 Å². The van der Waals surface area contributed by atoms with Crippen LogP contribution >= 0.6 is 0 Å². The van der Waals surface area contributed by atoms with Crippen LogP contribution in [0.25, 0.3) is 10.9 Å². The number of benzene rings is 2. The van der Waals surface area contributed by atoms with Gasteiger partial charge in [-0.15, -0.1) is 0 Å². The number of nitrogens with zero attached hydrogens (tertiary/aromatic N) is 1. The molecule has 3 aromatic rings. The van der Waals surface area contributed by atoms with Gasteiger partial charge < -0.3 is 4.98 Å². The number of fused-ring (bicyclic) bond motifs is 3. The predicted octanol–water partition coefficient (Wildman–Crippen LogP) is 4.79. The second-order valence-electron chi connectivity index (χ2n) is 8.46. The van der Waals surface area contributed by atoms with E-state index in [0.717, 1.165) is 50.0 Å². The number of hydrogen-bond donors (Lipinski definition) is 1. The van der Waals surface area contributed by atoms with Gasteiger partial charge in [-0.3, -0.25) is 9.69 Å². The van der Waals surface area contributed by atoms with Crippen molar-refractivity contribution < 1.29 is 0 Å². The van der Waals surface area contributed by atoms with Crippen molar-refractivity contribution in [1.82, 2.24) is 9.88 Å². The van der Waals surface area contributed by atoms with Crippen molar-refractivity contribution in [3.8, 4) is 0 Å². The third-order valence-corrected chi connectivity index (χ3v) is 6.66. The van der Waals surface area contributed by atoms with Crippen molar-refractivity contribution in [2.24, 2.45) is 0 Å². The van der Waals surface area contributed by atoms with Crippen molar-refractivity contribution in [2.75, 3.05) is 13.1 Å². The second-order valence-corrected chi connectivity index (χ2v) is 8.46. The molecule has 2 aromatic carbocycles. The molecular formula is C25H28N2O. The molecule has 5 rings (SSSR count). The van der Waals surface area contributed by atoms with E-state index >= 15 is 0 Å². The van der Waals surface area contributed by atoms with Gasteiger partial charge in [0.15, 0.2) is 0 Å². The summed E-state index contributed by atoms with van der Waals surface area (Å²) in [5.41, 5.74) is 6.24. The number of likely N-dealkylation sites (tertiary alicyclic amines) is 1. The number of nitrogens with one attached hydrogen (secondary N) is 1. The maximum Gasteiger partial charge on any atom is 0.251 e. The zero-order valence-electron chi connectivity index (χ0n) is 16.4. The Morgan fingerprint density at radius 3 is 2.46 bits per heavy atom. The summed E-state index contributed by atoms with van der Waals surface area (Å²) >= 11 is 0. The number of aryl methyl sites for hydroxylation is 1. The summed E-state index contributed by atoms with van der Waals surface area (Å²) in [5.74, 6) is 0.692. The standard InChI is InChI=1S/C25H28N2O/c28-25-23-9-5-4-8-21(23)22-11-10-18(16-24(22)26-25)17-27-14-12-20(13-15-27)19-6-2-1-3-7-19/h1-3,6-7,10-11,16,20H,4-5,8-9,12-15,17H2,(H,26,28). The molecule has 2 heterocycles. The first-order valence-electron chi connectivity index (χ1n) is 10.7. The van der Waals surface area contributed by atoms with Gasteiger partial charge in [-0.25, -0.2) is 0 Å². The van der Waals surface area contributed by atoms with Gasteiger partial charge in [-0.1, -0.05) is 42.5 Å². The smallest absolute Gasteiger partial charge is 0.251 e. The summed E-state index contributed by atoms with van der Waals surface area (Å²) in [6.45, 7) is 3.24. The first-order valence-corrected chi connectivity index (χ1v) is 10.7. The summed E-state index contributed by atoms with van der Waals surface area (Å²) in [6, 6.07) is 17.6. The number of H-pyrrole nitrogens is 1. The highest BCUT2D eigenvalue weighted by Crippen LogP contribution is 2.29. The summed E-state index contributed by atoms with van der Waals surface area (Å²) < 4.78 is 0. The third-order valence-electron chi connectivity index (χ3n) is 6.66. The van der Waals surface area contributed by atoms with Crippen molar-refractivity contribution in [3.63, 3.8) is 0 Å². The van der Waals surface area contributed by atoms with Gasteiger partial charge in [0, 0.05) is 23.0 Å². The van der Waals surface area contributed by atoms with Crippen LogP contribution in [0.4, 0.5) is 0 Å². The fourth-order valence-electron chi connectivity index (χ4n) is 5.12. The van der Waals surface area contributed by atoms with Gasteiger partial charge in [-0.05, 0) is 80.3 Å². The average Bonchev–Trinajstić information content (AvgIpc) is 2.75. The Morgan fingerprint density at radius 1 is 0.929 bits per heavy atom. The topological polar surface area (TPSA) is 36.1 Å². The Hall–Kier alpha value is -2.39. The lowest BCUT2D eigenvalue weighted by atomic mass is 9.89. The van der Waals surface area contributed by atoms with Crippen LogP contribution in [0.5, 0.6) is 0 Å². The molecule has 0 saturated carbocycles. The second kappa shape index (κ2) is 7.56. The Balaban J connectivity index is 1.32. The number of rotatable bonds is 3. The van der Waals surface area contributed by atoms with Crippen molar-refractivity contribution in [1.29, 1.82) is 0 Å². The fourth-order valence-corrected chi connectivity index (χ4v) is 5.12. The van der Waals surface area contributed by atoms with Crippen LogP contribution in [0.15, 0.2) is 53.3 Å². The monoisotopic (exact) mass is 372 g/mol. The highest BCUT2D eigenvalue weighted by Gasteiger charge is 2.21. The quantitative estimate of drug-likeness (QED) is 0.718. The van der Waals surface area contributed by atoms with E-state index in [1.165, 1.54) is 41.3 Å². The molecule has 1 N–H and O–H groups in total. The van der Waals surface area contributed by atoms with Gasteiger partial charge >= 0.3 is 0 Å². The van der Waals surface area contributed by atoms with Gasteiger partial charge in [0.25, 0.3) is 5.56 Å². The fraction of sp³-hybridized carbons (Fsp3) is 0.400. The minimum absolute atomic E-state index is 0.128. The number of aromatic amines is 1. The van der Waals surface area contributed by atoms with Gasteiger partial charge in [0.1, 0.15) is 0 Å². The van der Waals surface area contributed by atoms with E-state index in [1.807, 2.05) is 0 Å². The highest BCUT2D eigenvalue weighted by atomic mass is 16.1. The molecule has 28 heavy (non-hydrogen) atoms. The predicted molar refractivity (Wildman–Crippen MR) is 115 cm³/mol. The minimum Gasteiger partial charge on any atom is -0.322 e. The zero-order valence-corrected chi connectivity index (χ0v) is 16.4. The Kier molecular flexibility index (Phi) is 4.77. The van der Waals surface area contributed by atoms with Crippen molar-refractivity contribution in [3.05, 3.63) is 81.1 Å². The lowest BCUT2D eigenvalue weighted by molar-refractivity contribution is 0.204. The molecule has 0 unspecified atom stereocenters. The van der Waals surface area contributed by atoms with Crippen LogP contribution in [-0.2, 0) is 19.4 Å². The SMILES string of the molecule is O=c1[nH]c2cc(CN3CCC(c4ccccc4)CC3)ccc2c2c1CCCC2. The van der Waals surface area contributed by atoms with Crippen LogP contribution in [0.1, 0.15) is 53.9 Å². The lowest BCUT2D eigenvalue weighted by Crippen LogP contribution is -2.32. The molecule has 1 fully saturated rings. The van der Waals surface area contributed by atoms with E-state index in [4.69, 9.17) is 0 Å². The number of pyridine rings is 1. The molecule has 0 radical (unpaired) electrons. The minimum atomic E-state index is 0.128. The molecular weight excluding hydrogens is 344 g/mol. The molecule has 144 valence electrons. The number of aromatic nitrogens is 1. The molecule has 1 saturated heterocycles. The van der Waals surface area contributed by atoms with Gasteiger partial charge in [0.2, 0.25) is 0 Å². The van der Waals surface area contributed by atoms with Crippen LogP contribution in [0, 0.1) is 0 Å². The first kappa shape index (κ1) is 17.7. The normalized spacial score (nSPS) is 18.3. The van der Waals surface area contributed by atoms with E-state index in [9.17, 15) is 4.79 Å². The Labute approximate surface area is 166 Å². The molecule has 3 heteroatoms. The summed E-state index contributed by atoms with van der Waals surface area (Å²) in [6.07, 6.45) is 6.76. The largest absolute Gasteiger partial charge is 0.322 e. The molecule has 0 spiro atoms. The number of hydrogen-bond acceptors (Lipinski definition) is 2. The molecule has 1 aromatic heterocycles. The first-order chi connectivity index (χ1) is 13.8. The number of piperidine rings is 1. The maximum absolute atomic E-state index is 12.5. The van der Waals surface area contributed by atoms with Crippen LogP contribution in [-0.4, -0.2) is 23.0 Å². The van der Waals surface area contributed by atoms with E-state index in [-0.39, 0.29) is 5.56 Å². The molecule has 3 nitrogen and oxygen atoms in total. The summed E-state index contributed by atoms with van der Waals surface area (Å²) in [4.78, 5) is 18.2. The molecule has 1 aliphatic carbocycles. The zero-order chi connectivity index (χ0) is 18.9. The molecule has 0 atom stereocenters. The molecule has 0 amide bonds. The van der Waals surface area contributed by atoms with E-state index in [2.05, 4.69) is 58.4 Å². The lowest BCUT2D eigenvalue weighted by Gasteiger charge is -2.32. The van der Waals surface area contributed by atoms with E-state index < -0.39 is 0 Å². The Morgan fingerprint density at radius 2 is 1.68 bits per heavy atom. The molecule has 0 bridgehead atoms. The average molecular weight is 373 g/mol. The van der Waals surface area contributed by atoms with E-state index in [0.29, 0.717) is 5.92 Å². The highest BCUT2D eigenvalue weighted by molar-refractivity contribution is 5.84. The maximum atomic E-state index is 12.5. The summed E-state index contributed by atoms with van der Waals surface area (Å²) in [5, 5.41) is 1.25.